The van der Waals surface area contributed by atoms with Crippen LogP contribution in [0.2, 0.25) is 0 Å². The van der Waals surface area contributed by atoms with E-state index in [1.54, 1.807) is 7.11 Å². The smallest absolute Gasteiger partial charge is 0.179 e. The van der Waals surface area contributed by atoms with Gasteiger partial charge in [0.25, 0.3) is 0 Å². The molecule has 0 saturated carbocycles. The van der Waals surface area contributed by atoms with Crippen LogP contribution in [0.25, 0.3) is 27.9 Å². The maximum Gasteiger partial charge on any atom is 0.179 e. The molecule has 5 aromatic rings. The van der Waals surface area contributed by atoms with E-state index in [1.165, 1.54) is 0 Å². The Morgan fingerprint density at radius 1 is 1.04 bits per heavy atom. The minimum absolute atomic E-state index is 0.605. The Labute approximate surface area is 153 Å². The predicted molar refractivity (Wildman–Crippen MR) is 102 cm³/mol. The molecule has 2 N–H and O–H groups in total. The molecule has 0 atom stereocenters. The molecule has 8 heteroatoms. The number of nitrogens with zero attached hydrogens (tertiary/aromatic N) is 5. The van der Waals surface area contributed by atoms with Gasteiger partial charge in [-0.2, -0.15) is 0 Å². The van der Waals surface area contributed by atoms with Crippen LogP contribution in [-0.4, -0.2) is 37.1 Å². The van der Waals surface area contributed by atoms with E-state index in [9.17, 15) is 0 Å². The average molecular weight is 357 g/mol. The number of aromatic amines is 1. The zero-order valence-corrected chi connectivity index (χ0v) is 14.4. The number of fused-ring (bicyclic) bond motifs is 3. The normalized spacial score (nSPS) is 11.1. The highest BCUT2D eigenvalue weighted by Gasteiger charge is 2.11. The van der Waals surface area contributed by atoms with Gasteiger partial charge in [0.1, 0.15) is 5.75 Å². The average Bonchev–Trinajstić information content (AvgIpc) is 3.40. The van der Waals surface area contributed by atoms with Crippen molar-refractivity contribution in [1.82, 2.24) is 30.0 Å². The van der Waals surface area contributed by atoms with Crippen molar-refractivity contribution < 1.29 is 4.74 Å². The molecular formula is C19H15N7O. The van der Waals surface area contributed by atoms with Crippen molar-refractivity contribution >= 4 is 28.1 Å². The SMILES string of the molecule is COc1cccc(Nc2nc3cc(-c4nnn[nH]4)ccc3n3cccc23)c1. The zero-order valence-electron chi connectivity index (χ0n) is 14.4. The topological polar surface area (TPSA) is 93.0 Å². The Morgan fingerprint density at radius 3 is 2.85 bits per heavy atom. The molecule has 0 saturated heterocycles. The number of nitrogens with one attached hydrogen (secondary N) is 2. The summed E-state index contributed by atoms with van der Waals surface area (Å²) in [6, 6.07) is 17.7. The molecule has 0 radical (unpaired) electrons. The Hall–Kier alpha value is -3.94. The van der Waals surface area contributed by atoms with Crippen LogP contribution in [-0.2, 0) is 0 Å². The van der Waals surface area contributed by atoms with Gasteiger partial charge in [-0.15, -0.1) is 5.10 Å². The number of aromatic nitrogens is 6. The second-order valence-corrected chi connectivity index (χ2v) is 6.03. The van der Waals surface area contributed by atoms with Gasteiger partial charge in [-0.05, 0) is 52.9 Å². The van der Waals surface area contributed by atoms with E-state index in [0.29, 0.717) is 5.82 Å². The van der Waals surface area contributed by atoms with Crippen molar-refractivity contribution in [2.75, 3.05) is 12.4 Å². The van der Waals surface area contributed by atoms with Gasteiger partial charge in [-0.3, -0.25) is 0 Å². The summed E-state index contributed by atoms with van der Waals surface area (Å²) in [7, 11) is 1.65. The minimum Gasteiger partial charge on any atom is -0.497 e. The van der Waals surface area contributed by atoms with E-state index in [1.807, 2.05) is 60.8 Å². The molecule has 3 heterocycles. The van der Waals surface area contributed by atoms with E-state index in [-0.39, 0.29) is 0 Å². The molecule has 0 fully saturated rings. The standard InChI is InChI=1S/C19H15N7O/c1-27-14-5-2-4-13(11-14)20-19-17-6-3-9-26(17)16-8-7-12(10-15(16)21-19)18-22-24-25-23-18/h2-11H,1H3,(H,20,21)(H,22,23,24,25). The van der Waals surface area contributed by atoms with Gasteiger partial charge < -0.3 is 14.5 Å². The molecule has 0 aliphatic heterocycles. The van der Waals surface area contributed by atoms with Gasteiger partial charge in [-0.25, -0.2) is 10.1 Å². The summed E-state index contributed by atoms with van der Waals surface area (Å²) in [5.74, 6) is 2.15. The lowest BCUT2D eigenvalue weighted by Gasteiger charge is -2.12. The molecule has 5 rings (SSSR count). The summed E-state index contributed by atoms with van der Waals surface area (Å²) in [5.41, 5.74) is 4.60. The van der Waals surface area contributed by atoms with Crippen LogP contribution in [0.15, 0.2) is 60.8 Å². The molecule has 132 valence electrons. The quantitative estimate of drug-likeness (QED) is 0.512. The van der Waals surface area contributed by atoms with Crippen molar-refractivity contribution in [3.05, 3.63) is 60.8 Å². The number of ether oxygens (including phenoxy) is 1. The van der Waals surface area contributed by atoms with Gasteiger partial charge >= 0.3 is 0 Å². The summed E-state index contributed by atoms with van der Waals surface area (Å²) in [4.78, 5) is 4.84. The first-order valence-electron chi connectivity index (χ1n) is 8.38. The lowest BCUT2D eigenvalue weighted by molar-refractivity contribution is 0.415. The Bertz CT molecular complexity index is 1240. The van der Waals surface area contributed by atoms with Crippen LogP contribution in [0.5, 0.6) is 5.75 Å². The maximum atomic E-state index is 5.30. The highest BCUT2D eigenvalue weighted by molar-refractivity contribution is 5.88. The summed E-state index contributed by atoms with van der Waals surface area (Å²) >= 11 is 0. The highest BCUT2D eigenvalue weighted by Crippen LogP contribution is 2.28. The van der Waals surface area contributed by atoms with Crippen molar-refractivity contribution in [3.63, 3.8) is 0 Å². The molecular weight excluding hydrogens is 342 g/mol. The highest BCUT2D eigenvalue weighted by atomic mass is 16.5. The second-order valence-electron chi connectivity index (χ2n) is 6.03. The Kier molecular flexibility index (Phi) is 3.46. The van der Waals surface area contributed by atoms with Crippen LogP contribution in [0, 0.1) is 0 Å². The molecule has 0 spiro atoms. The third kappa shape index (κ3) is 2.63. The van der Waals surface area contributed by atoms with Gasteiger partial charge in [0.05, 0.1) is 23.7 Å². The molecule has 0 unspecified atom stereocenters. The number of methoxy groups -OCH3 is 1. The maximum absolute atomic E-state index is 5.30. The molecule has 3 aromatic heterocycles. The number of hydrogen-bond donors (Lipinski definition) is 2. The summed E-state index contributed by atoms with van der Waals surface area (Å²) in [5, 5.41) is 17.4. The van der Waals surface area contributed by atoms with Crippen molar-refractivity contribution in [2.24, 2.45) is 0 Å². The minimum atomic E-state index is 0.605. The molecule has 0 bridgehead atoms. The van der Waals surface area contributed by atoms with E-state index < -0.39 is 0 Å². The van der Waals surface area contributed by atoms with Gasteiger partial charge in [0.15, 0.2) is 11.6 Å². The first-order chi connectivity index (χ1) is 13.3. The number of tetrazole rings is 1. The Balaban J connectivity index is 1.66. The fourth-order valence-corrected chi connectivity index (χ4v) is 3.14. The second kappa shape index (κ2) is 6.10. The van der Waals surface area contributed by atoms with Crippen molar-refractivity contribution in [3.8, 4) is 17.1 Å². The monoisotopic (exact) mass is 357 g/mol. The van der Waals surface area contributed by atoms with E-state index >= 15 is 0 Å². The van der Waals surface area contributed by atoms with Crippen LogP contribution in [0.3, 0.4) is 0 Å². The number of benzene rings is 2. The van der Waals surface area contributed by atoms with Crippen LogP contribution < -0.4 is 10.1 Å². The van der Waals surface area contributed by atoms with Crippen LogP contribution >= 0.6 is 0 Å². The number of hydrogen-bond acceptors (Lipinski definition) is 6. The molecule has 27 heavy (non-hydrogen) atoms. The van der Waals surface area contributed by atoms with Crippen LogP contribution in [0.4, 0.5) is 11.5 Å². The van der Waals surface area contributed by atoms with Crippen molar-refractivity contribution in [2.45, 2.75) is 0 Å². The summed E-state index contributed by atoms with van der Waals surface area (Å²) in [6.45, 7) is 0. The Morgan fingerprint density at radius 2 is 2.00 bits per heavy atom. The molecule has 0 aliphatic carbocycles. The van der Waals surface area contributed by atoms with Crippen molar-refractivity contribution in [1.29, 1.82) is 0 Å². The molecule has 0 aliphatic rings. The van der Waals surface area contributed by atoms with E-state index in [2.05, 4.69) is 30.3 Å². The number of H-pyrrole nitrogens is 1. The lowest BCUT2D eigenvalue weighted by atomic mass is 10.2. The largest absolute Gasteiger partial charge is 0.497 e. The van der Waals surface area contributed by atoms with Gasteiger partial charge in [0, 0.05) is 23.5 Å². The molecule has 2 aromatic carbocycles. The van der Waals surface area contributed by atoms with E-state index in [4.69, 9.17) is 9.72 Å². The summed E-state index contributed by atoms with van der Waals surface area (Å²) < 4.78 is 7.41. The van der Waals surface area contributed by atoms with Crippen LogP contribution in [0.1, 0.15) is 0 Å². The third-order valence-corrected chi connectivity index (χ3v) is 4.41. The fourth-order valence-electron chi connectivity index (χ4n) is 3.14. The predicted octanol–water partition coefficient (Wildman–Crippen LogP) is 3.42. The fraction of sp³-hybridized carbons (Fsp3) is 0.0526. The third-order valence-electron chi connectivity index (χ3n) is 4.41. The first kappa shape index (κ1) is 15.3. The zero-order chi connectivity index (χ0) is 18.2. The first-order valence-corrected chi connectivity index (χ1v) is 8.38. The number of rotatable bonds is 4. The van der Waals surface area contributed by atoms with Gasteiger partial charge in [-0.1, -0.05) is 6.07 Å². The van der Waals surface area contributed by atoms with E-state index in [0.717, 1.165) is 39.4 Å². The van der Waals surface area contributed by atoms with Gasteiger partial charge in [0.2, 0.25) is 0 Å². The summed E-state index contributed by atoms with van der Waals surface area (Å²) in [6.07, 6.45) is 2.02. The molecule has 8 nitrogen and oxygen atoms in total. The number of anilines is 2. The molecule has 0 amide bonds. The lowest BCUT2D eigenvalue weighted by Crippen LogP contribution is -1.99.